The summed E-state index contributed by atoms with van der Waals surface area (Å²) in [6.45, 7) is 0.280. The minimum absolute atomic E-state index is 0.280. The molecule has 0 spiro atoms. The van der Waals surface area contributed by atoms with Gasteiger partial charge in [-0.25, -0.2) is 0 Å². The number of aryl methyl sites for hydroxylation is 1. The number of halogens is 1. The highest BCUT2D eigenvalue weighted by Crippen LogP contribution is 2.37. The predicted octanol–water partition coefficient (Wildman–Crippen LogP) is 4.03. The molecule has 1 nitrogen and oxygen atoms in total. The van der Waals surface area contributed by atoms with Gasteiger partial charge in [-0.1, -0.05) is 40.9 Å². The Bertz CT molecular complexity index is 343. The molecule has 2 rings (SSSR count). The van der Waals surface area contributed by atoms with E-state index < -0.39 is 0 Å². The number of hydrogen-bond acceptors (Lipinski definition) is 1. The minimum atomic E-state index is 0.280. The molecule has 1 aliphatic rings. The second kappa shape index (κ2) is 5.83. The van der Waals surface area contributed by atoms with Crippen molar-refractivity contribution >= 4 is 15.9 Å². The fraction of sp³-hybridized carbons (Fsp3) is 0.571. The molecule has 88 valence electrons. The van der Waals surface area contributed by atoms with Crippen molar-refractivity contribution in [3.63, 3.8) is 0 Å². The first-order chi connectivity index (χ1) is 7.81. The Morgan fingerprint density at radius 3 is 2.62 bits per heavy atom. The van der Waals surface area contributed by atoms with Crippen LogP contribution in [0.15, 0.2) is 22.7 Å². The molecular weight excluding hydrogens is 264 g/mol. The summed E-state index contributed by atoms with van der Waals surface area (Å²) in [4.78, 5) is 0. The van der Waals surface area contributed by atoms with E-state index in [2.05, 4.69) is 34.1 Å². The lowest BCUT2D eigenvalue weighted by Crippen LogP contribution is -1.96. The van der Waals surface area contributed by atoms with Crippen molar-refractivity contribution in [2.24, 2.45) is 0 Å². The van der Waals surface area contributed by atoms with Crippen LogP contribution >= 0.6 is 15.9 Å². The molecule has 1 N–H and O–H groups in total. The van der Waals surface area contributed by atoms with Crippen LogP contribution in [0.5, 0.6) is 0 Å². The first-order valence-corrected chi connectivity index (χ1v) is 6.99. The van der Waals surface area contributed by atoms with E-state index in [9.17, 15) is 0 Å². The lowest BCUT2D eigenvalue weighted by atomic mass is 9.96. The van der Waals surface area contributed by atoms with Gasteiger partial charge in [0.2, 0.25) is 0 Å². The molecule has 1 fully saturated rings. The zero-order valence-corrected chi connectivity index (χ0v) is 11.2. The van der Waals surface area contributed by atoms with Crippen LogP contribution in [0.2, 0.25) is 0 Å². The summed E-state index contributed by atoms with van der Waals surface area (Å²) in [5.41, 5.74) is 2.80. The molecule has 1 aliphatic carbocycles. The summed E-state index contributed by atoms with van der Waals surface area (Å²) >= 11 is 3.69. The van der Waals surface area contributed by atoms with Crippen LogP contribution in [0.4, 0.5) is 0 Å². The SMILES string of the molecule is OCCCc1ccc(C2CCCC2)c(Br)c1. The summed E-state index contributed by atoms with van der Waals surface area (Å²) in [6, 6.07) is 6.71. The summed E-state index contributed by atoms with van der Waals surface area (Å²) in [5.74, 6) is 0.765. The largest absolute Gasteiger partial charge is 0.396 e. The number of rotatable bonds is 4. The third kappa shape index (κ3) is 2.86. The first-order valence-electron chi connectivity index (χ1n) is 6.20. The van der Waals surface area contributed by atoms with Crippen molar-refractivity contribution in [1.82, 2.24) is 0 Å². The van der Waals surface area contributed by atoms with Gasteiger partial charge in [0.25, 0.3) is 0 Å². The van der Waals surface area contributed by atoms with Crippen LogP contribution < -0.4 is 0 Å². The average molecular weight is 283 g/mol. The molecule has 2 heteroatoms. The van der Waals surface area contributed by atoms with Gasteiger partial charge in [0.1, 0.15) is 0 Å². The smallest absolute Gasteiger partial charge is 0.0434 e. The van der Waals surface area contributed by atoms with Crippen LogP contribution in [0.25, 0.3) is 0 Å². The molecular formula is C14H19BrO. The second-order valence-electron chi connectivity index (χ2n) is 4.66. The Morgan fingerprint density at radius 2 is 2.00 bits per heavy atom. The molecule has 0 aromatic heterocycles. The number of aliphatic hydroxyl groups excluding tert-OH is 1. The van der Waals surface area contributed by atoms with Gasteiger partial charge in [0.15, 0.2) is 0 Å². The van der Waals surface area contributed by atoms with Crippen molar-refractivity contribution in [2.45, 2.75) is 44.4 Å². The first kappa shape index (κ1) is 12.1. The number of benzene rings is 1. The van der Waals surface area contributed by atoms with Gasteiger partial charge in [-0.15, -0.1) is 0 Å². The molecule has 0 aliphatic heterocycles. The van der Waals surface area contributed by atoms with Gasteiger partial charge in [-0.2, -0.15) is 0 Å². The average Bonchev–Trinajstić information content (AvgIpc) is 2.80. The monoisotopic (exact) mass is 282 g/mol. The normalized spacial score (nSPS) is 16.9. The van der Waals surface area contributed by atoms with Crippen LogP contribution in [-0.4, -0.2) is 11.7 Å². The van der Waals surface area contributed by atoms with E-state index in [-0.39, 0.29) is 6.61 Å². The quantitative estimate of drug-likeness (QED) is 0.884. The van der Waals surface area contributed by atoms with Crippen molar-refractivity contribution in [1.29, 1.82) is 0 Å². The van der Waals surface area contributed by atoms with E-state index in [1.54, 1.807) is 0 Å². The minimum Gasteiger partial charge on any atom is -0.396 e. The van der Waals surface area contributed by atoms with Gasteiger partial charge in [-0.05, 0) is 48.8 Å². The Balaban J connectivity index is 2.09. The Morgan fingerprint density at radius 1 is 1.25 bits per heavy atom. The Hall–Kier alpha value is -0.340. The molecule has 16 heavy (non-hydrogen) atoms. The number of aliphatic hydroxyl groups is 1. The maximum atomic E-state index is 8.81. The molecule has 1 saturated carbocycles. The van der Waals surface area contributed by atoms with E-state index in [1.165, 1.54) is 41.3 Å². The molecule has 0 saturated heterocycles. The van der Waals surface area contributed by atoms with Crippen molar-refractivity contribution < 1.29 is 5.11 Å². The summed E-state index contributed by atoms with van der Waals surface area (Å²) in [6.07, 6.45) is 7.27. The highest BCUT2D eigenvalue weighted by atomic mass is 79.9. The van der Waals surface area contributed by atoms with Gasteiger partial charge in [0.05, 0.1) is 0 Å². The highest BCUT2D eigenvalue weighted by Gasteiger charge is 2.19. The summed E-state index contributed by atoms with van der Waals surface area (Å²) in [5, 5.41) is 8.81. The fourth-order valence-electron chi connectivity index (χ4n) is 2.58. The second-order valence-corrected chi connectivity index (χ2v) is 5.52. The number of hydrogen-bond donors (Lipinski definition) is 1. The lowest BCUT2D eigenvalue weighted by Gasteiger charge is -2.13. The van der Waals surface area contributed by atoms with E-state index >= 15 is 0 Å². The van der Waals surface area contributed by atoms with Crippen LogP contribution in [0.1, 0.15) is 49.1 Å². The zero-order chi connectivity index (χ0) is 11.4. The van der Waals surface area contributed by atoms with Gasteiger partial charge in [0, 0.05) is 11.1 Å². The molecule has 1 aromatic rings. The lowest BCUT2D eigenvalue weighted by molar-refractivity contribution is 0.288. The maximum Gasteiger partial charge on any atom is 0.0434 e. The molecule has 0 radical (unpaired) electrons. The standard InChI is InChI=1S/C14H19BrO/c15-14-10-11(4-3-9-16)7-8-13(14)12-5-1-2-6-12/h7-8,10,12,16H,1-6,9H2. The molecule has 0 heterocycles. The Labute approximate surface area is 106 Å². The highest BCUT2D eigenvalue weighted by molar-refractivity contribution is 9.10. The van der Waals surface area contributed by atoms with Gasteiger partial charge in [-0.3, -0.25) is 0 Å². The maximum absolute atomic E-state index is 8.81. The molecule has 1 aromatic carbocycles. The third-order valence-electron chi connectivity index (χ3n) is 3.48. The predicted molar refractivity (Wildman–Crippen MR) is 70.8 cm³/mol. The van der Waals surface area contributed by atoms with E-state index in [4.69, 9.17) is 5.11 Å². The van der Waals surface area contributed by atoms with E-state index in [0.29, 0.717) is 0 Å². The van der Waals surface area contributed by atoms with Crippen molar-refractivity contribution in [3.05, 3.63) is 33.8 Å². The van der Waals surface area contributed by atoms with Gasteiger partial charge < -0.3 is 5.11 Å². The third-order valence-corrected chi connectivity index (χ3v) is 4.17. The van der Waals surface area contributed by atoms with Crippen molar-refractivity contribution in [3.8, 4) is 0 Å². The van der Waals surface area contributed by atoms with Crippen LogP contribution in [-0.2, 0) is 6.42 Å². The zero-order valence-electron chi connectivity index (χ0n) is 9.58. The summed E-state index contributed by atoms with van der Waals surface area (Å²) in [7, 11) is 0. The molecule has 0 amide bonds. The van der Waals surface area contributed by atoms with Crippen LogP contribution in [0.3, 0.4) is 0 Å². The van der Waals surface area contributed by atoms with E-state index in [1.807, 2.05) is 0 Å². The van der Waals surface area contributed by atoms with Crippen LogP contribution in [0, 0.1) is 0 Å². The topological polar surface area (TPSA) is 20.2 Å². The van der Waals surface area contributed by atoms with Crippen molar-refractivity contribution in [2.75, 3.05) is 6.61 Å². The van der Waals surface area contributed by atoms with E-state index in [0.717, 1.165) is 18.8 Å². The Kier molecular flexibility index (Phi) is 4.42. The fourth-order valence-corrected chi connectivity index (χ4v) is 3.33. The summed E-state index contributed by atoms with van der Waals surface area (Å²) < 4.78 is 1.26. The van der Waals surface area contributed by atoms with Gasteiger partial charge >= 0.3 is 0 Å². The molecule has 0 unspecified atom stereocenters. The molecule has 0 atom stereocenters. The molecule has 0 bridgehead atoms.